The molecule has 2 fully saturated rings. The van der Waals surface area contributed by atoms with Crippen LogP contribution in [-0.4, -0.2) is 54.7 Å². The summed E-state index contributed by atoms with van der Waals surface area (Å²) in [4.78, 5) is 3.81. The summed E-state index contributed by atoms with van der Waals surface area (Å²) in [5, 5.41) is 20.9. The maximum Gasteiger partial charge on any atom is 0.446 e. The number of hydrogen-bond acceptors (Lipinski definition) is 8. The van der Waals surface area contributed by atoms with E-state index in [0.29, 0.717) is 5.92 Å². The van der Waals surface area contributed by atoms with Crippen molar-refractivity contribution in [1.29, 1.82) is 0 Å². The van der Waals surface area contributed by atoms with Crippen LogP contribution in [0.15, 0.2) is 16.6 Å². The monoisotopic (exact) mass is 545 g/mol. The van der Waals surface area contributed by atoms with Crippen LogP contribution >= 0.6 is 0 Å². The van der Waals surface area contributed by atoms with Crippen molar-refractivity contribution in [1.82, 2.24) is 0 Å². The molecule has 0 amide bonds. The van der Waals surface area contributed by atoms with Gasteiger partial charge in [-0.25, -0.2) is 0 Å². The van der Waals surface area contributed by atoms with E-state index in [4.69, 9.17) is 8.74 Å². The summed E-state index contributed by atoms with van der Waals surface area (Å²) in [7, 11) is -9.34. The van der Waals surface area contributed by atoms with Crippen molar-refractivity contribution >= 4 is 32.8 Å². The van der Waals surface area contributed by atoms with Crippen molar-refractivity contribution in [3.05, 3.63) is 22.8 Å². The topological polar surface area (TPSA) is 171 Å². The van der Waals surface area contributed by atoms with E-state index in [9.17, 15) is 31.6 Å². The highest BCUT2D eigenvalue weighted by Gasteiger charge is 2.51. The van der Waals surface area contributed by atoms with Crippen molar-refractivity contribution in [2.45, 2.75) is 59.8 Å². The first-order valence-corrected chi connectivity index (χ1v) is 14.8. The second kappa shape index (κ2) is 9.96. The van der Waals surface area contributed by atoms with Gasteiger partial charge in [0.25, 0.3) is 10.1 Å². The molecule has 202 valence electrons. The van der Waals surface area contributed by atoms with Crippen LogP contribution < -0.4 is 4.18 Å². The fourth-order valence-electron chi connectivity index (χ4n) is 6.22. The minimum absolute atomic E-state index is 0.113. The number of hydrogen-bond donors (Lipinski definition) is 4. The zero-order valence-corrected chi connectivity index (χ0v) is 22.6. The Morgan fingerprint density at radius 3 is 2.39 bits per heavy atom. The number of rotatable bonds is 7. The van der Waals surface area contributed by atoms with E-state index in [1.54, 1.807) is 6.08 Å². The van der Waals surface area contributed by atoms with Gasteiger partial charge in [-0.2, -0.15) is 16.8 Å². The van der Waals surface area contributed by atoms with Crippen LogP contribution in [0.5, 0.6) is 17.2 Å². The van der Waals surface area contributed by atoms with Gasteiger partial charge < -0.3 is 14.4 Å². The van der Waals surface area contributed by atoms with Gasteiger partial charge in [-0.05, 0) is 54.4 Å². The molecule has 36 heavy (non-hydrogen) atoms. The smallest absolute Gasteiger partial charge is 0.446 e. The molecule has 2 aliphatic carbocycles. The molecule has 3 atom stereocenters. The highest BCUT2D eigenvalue weighted by Crippen LogP contribution is 2.61. The maximum absolute atomic E-state index is 11.7. The molecule has 10 nitrogen and oxygen atoms in total. The quantitative estimate of drug-likeness (QED) is 0.222. The van der Waals surface area contributed by atoms with Crippen molar-refractivity contribution < 1.29 is 40.3 Å². The fraction of sp³-hybridized carbons (Fsp3) is 0.625. The molecule has 1 aromatic carbocycles. The Bertz CT molecular complexity index is 1280. The van der Waals surface area contributed by atoms with E-state index < -0.39 is 50.1 Å². The number of nitrogens with zero attached hydrogens (tertiary/aromatic N) is 1. The predicted molar refractivity (Wildman–Crippen MR) is 136 cm³/mol. The van der Waals surface area contributed by atoms with Crippen molar-refractivity contribution in [2.24, 2.45) is 27.7 Å². The van der Waals surface area contributed by atoms with E-state index in [1.165, 1.54) is 0 Å². The molecule has 0 saturated heterocycles. The number of aromatic hydroxyl groups is 2. The third-order valence-electron chi connectivity index (χ3n) is 7.80. The largest absolute Gasteiger partial charge is 0.504 e. The lowest BCUT2D eigenvalue weighted by molar-refractivity contribution is -0.00534. The predicted octanol–water partition coefficient (Wildman–Crippen LogP) is 4.23. The highest BCUT2D eigenvalue weighted by molar-refractivity contribution is 7.85. The number of phenolic OH excluding ortho intramolecular Hbond substituents is 2. The molecule has 0 aliphatic heterocycles. The van der Waals surface area contributed by atoms with Crippen LogP contribution in [0.1, 0.15) is 70.9 Å². The summed E-state index contributed by atoms with van der Waals surface area (Å²) in [5.74, 6) is -1.95. The van der Waals surface area contributed by atoms with E-state index in [0.717, 1.165) is 50.0 Å². The maximum atomic E-state index is 11.7. The first kappa shape index (κ1) is 28.4. The van der Waals surface area contributed by atoms with E-state index in [-0.39, 0.29) is 27.9 Å². The third kappa shape index (κ3) is 6.21. The average molecular weight is 546 g/mol. The molecule has 0 bridgehead atoms. The second-order valence-electron chi connectivity index (χ2n) is 10.8. The molecule has 0 aromatic heterocycles. The Morgan fingerprint density at radius 2 is 1.78 bits per heavy atom. The molecule has 2 saturated carbocycles. The summed E-state index contributed by atoms with van der Waals surface area (Å²) >= 11 is 0. The van der Waals surface area contributed by atoms with E-state index in [1.807, 2.05) is 0 Å². The summed E-state index contributed by atoms with van der Waals surface area (Å²) in [6.07, 6.45) is 7.76. The molecule has 4 N–H and O–H groups in total. The third-order valence-corrected chi connectivity index (χ3v) is 8.88. The first-order valence-electron chi connectivity index (χ1n) is 11.9. The van der Waals surface area contributed by atoms with Crippen LogP contribution in [-0.2, 0) is 20.5 Å². The Kier molecular flexibility index (Phi) is 7.86. The van der Waals surface area contributed by atoms with Gasteiger partial charge in [-0.1, -0.05) is 45.8 Å². The van der Waals surface area contributed by atoms with Crippen LogP contribution in [0.3, 0.4) is 0 Å². The second-order valence-corrected chi connectivity index (χ2v) is 13.4. The van der Waals surface area contributed by atoms with E-state index in [2.05, 4.69) is 32.7 Å². The van der Waals surface area contributed by atoms with Gasteiger partial charge in [0.05, 0.1) is 17.9 Å². The molecule has 0 radical (unpaired) electrons. The molecule has 2 aliphatic rings. The number of fused-ring (bicyclic) bond motifs is 1. The minimum Gasteiger partial charge on any atom is -0.504 e. The zero-order chi connectivity index (χ0) is 27.1. The Hall–Kier alpha value is -2.15. The molecule has 0 heterocycles. The van der Waals surface area contributed by atoms with Gasteiger partial charge in [0.1, 0.15) is 0 Å². The van der Waals surface area contributed by atoms with Gasteiger partial charge in [-0.3, -0.25) is 14.1 Å². The van der Waals surface area contributed by atoms with E-state index >= 15 is 0 Å². The number of aliphatic imine (C=N–C) groups is 1. The molecular formula is C24H35NO9S2. The van der Waals surface area contributed by atoms with Gasteiger partial charge >= 0.3 is 10.4 Å². The Morgan fingerprint density at radius 1 is 1.11 bits per heavy atom. The van der Waals surface area contributed by atoms with Crippen LogP contribution in [0.2, 0.25) is 0 Å². The van der Waals surface area contributed by atoms with Gasteiger partial charge in [0.2, 0.25) is 0 Å². The number of benzene rings is 1. The first-order chi connectivity index (χ1) is 16.4. The minimum atomic E-state index is -5.04. The van der Waals surface area contributed by atoms with Gasteiger partial charge in [0.15, 0.2) is 17.2 Å². The normalized spacial score (nSPS) is 27.8. The zero-order valence-electron chi connectivity index (χ0n) is 20.9. The molecule has 3 rings (SSSR count). The summed E-state index contributed by atoms with van der Waals surface area (Å²) in [6, 6.07) is 1.16. The summed E-state index contributed by atoms with van der Waals surface area (Å²) in [5.41, 5.74) is 0.745. The van der Waals surface area contributed by atoms with Crippen molar-refractivity contribution in [2.75, 3.05) is 12.3 Å². The van der Waals surface area contributed by atoms with Crippen LogP contribution in [0, 0.1) is 22.7 Å². The van der Waals surface area contributed by atoms with Crippen molar-refractivity contribution in [3.8, 4) is 17.2 Å². The summed E-state index contributed by atoms with van der Waals surface area (Å²) in [6.45, 7) is 8.44. The van der Waals surface area contributed by atoms with Crippen LogP contribution in [0.25, 0.3) is 6.08 Å². The molecular weight excluding hydrogens is 510 g/mol. The van der Waals surface area contributed by atoms with Crippen molar-refractivity contribution in [3.63, 3.8) is 0 Å². The molecule has 1 aromatic rings. The fourth-order valence-corrected chi connectivity index (χ4v) is 6.95. The lowest BCUT2D eigenvalue weighted by Crippen LogP contribution is -2.47. The summed E-state index contributed by atoms with van der Waals surface area (Å²) < 4.78 is 68.5. The highest BCUT2D eigenvalue weighted by atomic mass is 32.3. The molecule has 0 unspecified atom stereocenters. The molecule has 12 heteroatoms. The SMILES string of the molecule is C[C@@H]1CC[C@H]2C(C)(C)CCC[C@]2(C)C1=Cc1cc(O)c(O)c(C=NCCS(=O)(=O)O)c1OS(=O)(=O)O. The number of phenols is 2. The Labute approximate surface area is 212 Å². The van der Waals surface area contributed by atoms with Gasteiger partial charge in [-0.15, -0.1) is 0 Å². The standard InChI is InChI=1S/C24H35NO9S2/c1-15-6-7-20-23(2,3)8-5-9-24(20,4)18(15)12-16-13-19(26)21(27)17(22(16)34-36(31,32)33)14-25-10-11-35(28,29)30/h12-15,20,26-27H,5-11H2,1-4H3,(H,28,29,30)(H,31,32,33)/t15-,20+,24-/m1/s1. The Balaban J connectivity index is 2.19. The lowest BCUT2D eigenvalue weighted by Gasteiger charge is -2.56. The molecule has 0 spiro atoms. The average Bonchev–Trinajstić information content (AvgIpc) is 2.70. The van der Waals surface area contributed by atoms with Crippen LogP contribution in [0.4, 0.5) is 0 Å². The lowest BCUT2D eigenvalue weighted by atomic mass is 9.48. The number of allylic oxidation sites excluding steroid dienone is 1. The van der Waals surface area contributed by atoms with Gasteiger partial charge in [0, 0.05) is 11.8 Å².